The number of amides is 1. The van der Waals surface area contributed by atoms with Crippen molar-refractivity contribution in [1.29, 1.82) is 0 Å². The minimum atomic E-state index is -0.271. The lowest BCUT2D eigenvalue weighted by Gasteiger charge is -2.20. The molecule has 2 rings (SSSR count). The van der Waals surface area contributed by atoms with E-state index in [2.05, 4.69) is 0 Å². The molecule has 0 radical (unpaired) electrons. The molecule has 4 heteroatoms. The molecule has 1 aromatic heterocycles. The minimum absolute atomic E-state index is 0.00300. The molecule has 0 bridgehead atoms. The third-order valence-corrected chi connectivity index (χ3v) is 3.52. The highest BCUT2D eigenvalue weighted by atomic mass is 32.1. The Morgan fingerprint density at radius 2 is 2.17 bits per heavy atom. The number of hydrogen-bond acceptors (Lipinski definition) is 2. The van der Waals surface area contributed by atoms with Gasteiger partial charge in [0.05, 0.1) is 4.88 Å². The number of halogens is 1. The van der Waals surface area contributed by atoms with Crippen molar-refractivity contribution in [3.05, 3.63) is 58.0 Å². The zero-order valence-electron chi connectivity index (χ0n) is 10.1. The molecule has 0 spiro atoms. The standard InChI is InChI=1S/C14H14FNOS/c1-2-16(14(17)13-7-4-8-18-13)10-11-5-3-6-12(15)9-11/h3-9H,2,10H2,1H3. The molecule has 0 aliphatic rings. The molecule has 2 aromatic rings. The average molecular weight is 263 g/mol. The van der Waals surface area contributed by atoms with E-state index in [1.54, 1.807) is 17.0 Å². The smallest absolute Gasteiger partial charge is 0.264 e. The Labute approximate surface area is 110 Å². The van der Waals surface area contributed by atoms with Crippen LogP contribution in [0.4, 0.5) is 4.39 Å². The predicted molar refractivity (Wildman–Crippen MR) is 71.1 cm³/mol. The van der Waals surface area contributed by atoms with Gasteiger partial charge in [0.15, 0.2) is 0 Å². The summed E-state index contributed by atoms with van der Waals surface area (Å²) in [4.78, 5) is 14.6. The van der Waals surface area contributed by atoms with E-state index >= 15 is 0 Å². The lowest BCUT2D eigenvalue weighted by molar-refractivity contribution is 0.0757. The van der Waals surface area contributed by atoms with E-state index in [-0.39, 0.29) is 11.7 Å². The summed E-state index contributed by atoms with van der Waals surface area (Å²) in [5.41, 5.74) is 0.807. The van der Waals surface area contributed by atoms with Crippen LogP contribution < -0.4 is 0 Å². The molecule has 0 saturated heterocycles. The van der Waals surface area contributed by atoms with E-state index in [1.807, 2.05) is 24.4 Å². The second-order valence-electron chi connectivity index (χ2n) is 3.93. The Morgan fingerprint density at radius 3 is 2.78 bits per heavy atom. The van der Waals surface area contributed by atoms with Crippen LogP contribution in [-0.2, 0) is 6.54 Å². The summed E-state index contributed by atoms with van der Waals surface area (Å²) in [6.07, 6.45) is 0. The summed E-state index contributed by atoms with van der Waals surface area (Å²) in [5.74, 6) is -0.274. The van der Waals surface area contributed by atoms with Gasteiger partial charge in [0.2, 0.25) is 0 Å². The summed E-state index contributed by atoms with van der Waals surface area (Å²) in [7, 11) is 0. The van der Waals surface area contributed by atoms with Crippen molar-refractivity contribution in [2.45, 2.75) is 13.5 Å². The average Bonchev–Trinajstić information content (AvgIpc) is 2.89. The van der Waals surface area contributed by atoms with Gasteiger partial charge in [0.25, 0.3) is 5.91 Å². The Balaban J connectivity index is 2.12. The molecule has 0 unspecified atom stereocenters. The van der Waals surface area contributed by atoms with Gasteiger partial charge in [-0.05, 0) is 36.1 Å². The minimum Gasteiger partial charge on any atom is -0.334 e. The van der Waals surface area contributed by atoms with Gasteiger partial charge in [-0.15, -0.1) is 11.3 Å². The van der Waals surface area contributed by atoms with Crippen molar-refractivity contribution >= 4 is 17.2 Å². The lowest BCUT2D eigenvalue weighted by Crippen LogP contribution is -2.29. The Kier molecular flexibility index (Phi) is 4.10. The van der Waals surface area contributed by atoms with Crippen molar-refractivity contribution in [2.75, 3.05) is 6.54 Å². The molecule has 94 valence electrons. The van der Waals surface area contributed by atoms with Crippen LogP contribution in [-0.4, -0.2) is 17.4 Å². The highest BCUT2D eigenvalue weighted by Gasteiger charge is 2.15. The van der Waals surface area contributed by atoms with E-state index < -0.39 is 0 Å². The van der Waals surface area contributed by atoms with Gasteiger partial charge < -0.3 is 4.90 Å². The maximum atomic E-state index is 13.1. The van der Waals surface area contributed by atoms with Crippen LogP contribution in [0.5, 0.6) is 0 Å². The second kappa shape index (κ2) is 5.78. The number of benzene rings is 1. The summed E-state index contributed by atoms with van der Waals surface area (Å²) >= 11 is 1.42. The van der Waals surface area contributed by atoms with Crippen molar-refractivity contribution < 1.29 is 9.18 Å². The van der Waals surface area contributed by atoms with Crippen molar-refractivity contribution in [3.63, 3.8) is 0 Å². The number of carbonyl (C=O) groups excluding carboxylic acids is 1. The largest absolute Gasteiger partial charge is 0.334 e. The molecule has 0 aliphatic carbocycles. The van der Waals surface area contributed by atoms with E-state index in [1.165, 1.54) is 23.5 Å². The number of hydrogen-bond donors (Lipinski definition) is 0. The molecule has 0 fully saturated rings. The fourth-order valence-corrected chi connectivity index (χ4v) is 2.43. The third kappa shape index (κ3) is 2.96. The molecule has 0 aliphatic heterocycles. The summed E-state index contributed by atoms with van der Waals surface area (Å²) in [6, 6.07) is 10.0. The zero-order valence-corrected chi connectivity index (χ0v) is 10.9. The SMILES string of the molecule is CCN(Cc1cccc(F)c1)C(=O)c1cccs1. The third-order valence-electron chi connectivity index (χ3n) is 2.66. The predicted octanol–water partition coefficient (Wildman–Crippen LogP) is 3.55. The van der Waals surface area contributed by atoms with Gasteiger partial charge in [-0.25, -0.2) is 4.39 Å². The molecule has 1 amide bonds. The first-order chi connectivity index (χ1) is 8.70. The van der Waals surface area contributed by atoms with Gasteiger partial charge in [-0.1, -0.05) is 18.2 Å². The summed E-state index contributed by atoms with van der Waals surface area (Å²) in [5, 5.41) is 1.88. The quantitative estimate of drug-likeness (QED) is 0.826. The van der Waals surface area contributed by atoms with Crippen molar-refractivity contribution in [1.82, 2.24) is 4.90 Å². The van der Waals surface area contributed by atoms with Gasteiger partial charge in [-0.2, -0.15) is 0 Å². The summed E-state index contributed by atoms with van der Waals surface area (Å²) in [6.45, 7) is 2.96. The maximum Gasteiger partial charge on any atom is 0.264 e. The van der Waals surface area contributed by atoms with Gasteiger partial charge in [0, 0.05) is 13.1 Å². The van der Waals surface area contributed by atoms with Gasteiger partial charge in [0.1, 0.15) is 5.82 Å². The number of thiophene rings is 1. The zero-order chi connectivity index (χ0) is 13.0. The topological polar surface area (TPSA) is 20.3 Å². The Bertz CT molecular complexity index is 524. The van der Waals surface area contributed by atoms with Crippen molar-refractivity contribution in [2.24, 2.45) is 0 Å². The van der Waals surface area contributed by atoms with Crippen LogP contribution in [0.15, 0.2) is 41.8 Å². The fraction of sp³-hybridized carbons (Fsp3) is 0.214. The Morgan fingerprint density at radius 1 is 1.33 bits per heavy atom. The maximum absolute atomic E-state index is 13.1. The van der Waals surface area contributed by atoms with Crippen LogP contribution >= 0.6 is 11.3 Å². The fourth-order valence-electron chi connectivity index (χ4n) is 1.74. The number of carbonyl (C=O) groups is 1. The second-order valence-corrected chi connectivity index (χ2v) is 4.87. The molecule has 0 saturated carbocycles. The van der Waals surface area contributed by atoms with E-state index in [0.717, 1.165) is 5.56 Å². The van der Waals surface area contributed by atoms with Crippen LogP contribution in [0.25, 0.3) is 0 Å². The molecule has 1 heterocycles. The lowest BCUT2D eigenvalue weighted by atomic mass is 10.2. The molecule has 1 aromatic carbocycles. The van der Waals surface area contributed by atoms with Crippen LogP contribution in [0.3, 0.4) is 0 Å². The highest BCUT2D eigenvalue weighted by Crippen LogP contribution is 2.14. The van der Waals surface area contributed by atoms with E-state index in [0.29, 0.717) is 18.0 Å². The first-order valence-corrected chi connectivity index (χ1v) is 6.66. The van der Waals surface area contributed by atoms with Crippen LogP contribution in [0.1, 0.15) is 22.2 Å². The van der Waals surface area contributed by atoms with Crippen LogP contribution in [0.2, 0.25) is 0 Å². The molecule has 0 N–H and O–H groups in total. The first-order valence-electron chi connectivity index (χ1n) is 5.78. The van der Waals surface area contributed by atoms with Crippen LogP contribution in [0, 0.1) is 5.82 Å². The monoisotopic (exact) mass is 263 g/mol. The van der Waals surface area contributed by atoms with E-state index in [9.17, 15) is 9.18 Å². The molecule has 2 nitrogen and oxygen atoms in total. The molecular formula is C14H14FNOS. The number of rotatable bonds is 4. The highest BCUT2D eigenvalue weighted by molar-refractivity contribution is 7.12. The number of nitrogens with zero attached hydrogens (tertiary/aromatic N) is 1. The van der Waals surface area contributed by atoms with Gasteiger partial charge in [-0.3, -0.25) is 4.79 Å². The molecule has 0 atom stereocenters. The normalized spacial score (nSPS) is 10.3. The van der Waals surface area contributed by atoms with Gasteiger partial charge >= 0.3 is 0 Å². The molecular weight excluding hydrogens is 249 g/mol. The Hall–Kier alpha value is -1.68. The summed E-state index contributed by atoms with van der Waals surface area (Å²) < 4.78 is 13.1. The molecule has 18 heavy (non-hydrogen) atoms. The van der Waals surface area contributed by atoms with Crippen molar-refractivity contribution in [3.8, 4) is 0 Å². The van der Waals surface area contributed by atoms with E-state index in [4.69, 9.17) is 0 Å². The first kappa shape index (κ1) is 12.8.